The largest absolute Gasteiger partial charge is 0.309 e. The topological polar surface area (TPSA) is 9.86 Å². The SMILES string of the molecule is CC1(C)c2ccccc2-n2c3ccc(Br)cc3c3cc(Br)cc1c32.CC1(C)c2ccccc2-n2c3ccccc3c3cccc1c32. The normalized spacial score (nSPS) is 15.1. The first kappa shape index (κ1) is 28.1. The predicted octanol–water partition coefficient (Wildman–Crippen LogP) is 12.4. The Labute approximate surface area is 285 Å². The summed E-state index contributed by atoms with van der Waals surface area (Å²) in [5, 5.41) is 5.29. The highest BCUT2D eigenvalue weighted by Crippen LogP contribution is 2.49. The van der Waals surface area contributed by atoms with Crippen LogP contribution >= 0.6 is 31.9 Å². The molecule has 8 aromatic rings. The number of rotatable bonds is 0. The van der Waals surface area contributed by atoms with E-state index >= 15 is 0 Å². The van der Waals surface area contributed by atoms with Crippen molar-refractivity contribution in [1.82, 2.24) is 9.13 Å². The fourth-order valence-corrected chi connectivity index (χ4v) is 9.09. The van der Waals surface area contributed by atoms with Gasteiger partial charge < -0.3 is 9.13 Å². The maximum Gasteiger partial charge on any atom is 0.0582 e. The monoisotopic (exact) mass is 722 g/mol. The molecule has 0 atom stereocenters. The van der Waals surface area contributed by atoms with Crippen LogP contribution in [0, 0.1) is 0 Å². The first-order chi connectivity index (χ1) is 22.2. The van der Waals surface area contributed by atoms with Gasteiger partial charge in [0.1, 0.15) is 0 Å². The van der Waals surface area contributed by atoms with Crippen molar-refractivity contribution in [1.29, 1.82) is 0 Å². The van der Waals surface area contributed by atoms with Crippen molar-refractivity contribution in [2.75, 3.05) is 0 Å². The standard InChI is InChI=1S/C21H15Br2N.C21H17N/c1-21(2)16-5-3-4-6-19(16)24-18-8-7-12(22)9-14(18)15-10-13(23)11-17(21)20(15)24;1-21(2)16-10-4-6-13-19(16)22-18-12-5-3-8-14(18)15-9-7-11-17(21)20(15)22/h3-11H,1-2H3;3-13H,1-2H3. The number of para-hydroxylation sites is 4. The highest BCUT2D eigenvalue weighted by atomic mass is 79.9. The van der Waals surface area contributed by atoms with E-state index in [0.717, 1.165) is 8.95 Å². The summed E-state index contributed by atoms with van der Waals surface area (Å²) in [6.45, 7) is 9.32. The number of nitrogens with zero attached hydrogens (tertiary/aromatic N) is 2. The lowest BCUT2D eigenvalue weighted by Crippen LogP contribution is -2.26. The van der Waals surface area contributed by atoms with Gasteiger partial charge in [-0.3, -0.25) is 0 Å². The molecule has 0 saturated heterocycles. The molecule has 46 heavy (non-hydrogen) atoms. The summed E-state index contributed by atoms with van der Waals surface area (Å²) in [5.41, 5.74) is 13.4. The molecule has 4 heterocycles. The molecule has 0 unspecified atom stereocenters. The van der Waals surface area contributed by atoms with Gasteiger partial charge in [-0.25, -0.2) is 0 Å². The van der Waals surface area contributed by atoms with E-state index < -0.39 is 0 Å². The molecule has 10 rings (SSSR count). The lowest BCUT2D eigenvalue weighted by molar-refractivity contribution is 0.630. The molecule has 0 fully saturated rings. The van der Waals surface area contributed by atoms with E-state index in [9.17, 15) is 0 Å². The smallest absolute Gasteiger partial charge is 0.0582 e. The summed E-state index contributed by atoms with van der Waals surface area (Å²) in [6, 6.07) is 44.1. The summed E-state index contributed by atoms with van der Waals surface area (Å²) in [7, 11) is 0. The molecule has 0 saturated carbocycles. The second-order valence-electron chi connectivity index (χ2n) is 13.7. The number of hydrogen-bond donors (Lipinski definition) is 0. The molecular formula is C42H32Br2N2. The van der Waals surface area contributed by atoms with Crippen molar-refractivity contribution < 1.29 is 0 Å². The van der Waals surface area contributed by atoms with Crippen LogP contribution < -0.4 is 0 Å². The van der Waals surface area contributed by atoms with E-state index in [1.807, 2.05) is 0 Å². The van der Waals surface area contributed by atoms with E-state index in [-0.39, 0.29) is 10.8 Å². The van der Waals surface area contributed by atoms with Crippen molar-refractivity contribution >= 4 is 75.5 Å². The van der Waals surface area contributed by atoms with Crippen molar-refractivity contribution in [3.63, 3.8) is 0 Å². The molecule has 2 aliphatic rings. The maximum absolute atomic E-state index is 3.73. The van der Waals surface area contributed by atoms with Crippen LogP contribution in [0.5, 0.6) is 0 Å². The van der Waals surface area contributed by atoms with Gasteiger partial charge >= 0.3 is 0 Å². The van der Waals surface area contributed by atoms with Crippen LogP contribution in [0.3, 0.4) is 0 Å². The zero-order chi connectivity index (χ0) is 31.5. The lowest BCUT2D eigenvalue weighted by atomic mass is 9.75. The number of hydrogen-bond acceptors (Lipinski definition) is 0. The van der Waals surface area contributed by atoms with Gasteiger partial charge in [-0.15, -0.1) is 0 Å². The van der Waals surface area contributed by atoms with Crippen molar-refractivity contribution in [2.45, 2.75) is 38.5 Å². The Balaban J connectivity index is 0.000000127. The first-order valence-corrected chi connectivity index (χ1v) is 17.4. The molecule has 2 aliphatic heterocycles. The average Bonchev–Trinajstić information content (AvgIpc) is 3.56. The molecule has 0 N–H and O–H groups in total. The predicted molar refractivity (Wildman–Crippen MR) is 201 cm³/mol. The average molecular weight is 725 g/mol. The van der Waals surface area contributed by atoms with Crippen molar-refractivity contribution in [3.05, 3.63) is 153 Å². The van der Waals surface area contributed by atoms with Crippen molar-refractivity contribution in [2.24, 2.45) is 0 Å². The second-order valence-corrected chi connectivity index (χ2v) is 15.5. The summed E-state index contributed by atoms with van der Waals surface area (Å²) in [5.74, 6) is 0. The Morgan fingerprint density at radius 2 is 0.935 bits per heavy atom. The maximum atomic E-state index is 3.73. The highest BCUT2D eigenvalue weighted by Gasteiger charge is 2.36. The summed E-state index contributed by atoms with van der Waals surface area (Å²) >= 11 is 7.37. The van der Waals surface area contributed by atoms with Crippen LogP contribution in [0.4, 0.5) is 0 Å². The zero-order valence-electron chi connectivity index (χ0n) is 26.2. The van der Waals surface area contributed by atoms with Crippen LogP contribution in [0.2, 0.25) is 0 Å². The molecule has 224 valence electrons. The van der Waals surface area contributed by atoms with Crippen LogP contribution in [-0.2, 0) is 10.8 Å². The van der Waals surface area contributed by atoms with Gasteiger partial charge in [0, 0.05) is 41.3 Å². The van der Waals surface area contributed by atoms with Gasteiger partial charge in [0.2, 0.25) is 0 Å². The summed E-state index contributed by atoms with van der Waals surface area (Å²) in [6.07, 6.45) is 0. The van der Waals surface area contributed by atoms with Crippen LogP contribution in [0.1, 0.15) is 49.9 Å². The molecule has 2 aromatic heterocycles. The van der Waals surface area contributed by atoms with Crippen LogP contribution in [-0.4, -0.2) is 9.13 Å². The molecule has 0 spiro atoms. The second kappa shape index (κ2) is 9.70. The molecule has 6 aromatic carbocycles. The first-order valence-electron chi connectivity index (χ1n) is 15.8. The van der Waals surface area contributed by atoms with E-state index in [1.165, 1.54) is 77.2 Å². The summed E-state index contributed by atoms with van der Waals surface area (Å²) in [4.78, 5) is 0. The molecule has 0 radical (unpaired) electrons. The number of aromatic nitrogens is 2. The Kier molecular flexibility index (Phi) is 5.93. The molecule has 0 aliphatic carbocycles. The zero-order valence-corrected chi connectivity index (χ0v) is 29.4. The fourth-order valence-electron chi connectivity index (χ4n) is 8.27. The molecule has 4 heteroatoms. The Bertz CT molecular complexity index is 2560. The minimum absolute atomic E-state index is 0.0275. The quantitative estimate of drug-likeness (QED) is 0.147. The Hall–Kier alpha value is -4.12. The minimum atomic E-state index is -0.0275. The third-order valence-electron chi connectivity index (χ3n) is 10.5. The Morgan fingerprint density at radius 3 is 1.65 bits per heavy atom. The van der Waals surface area contributed by atoms with Gasteiger partial charge in [0.25, 0.3) is 0 Å². The van der Waals surface area contributed by atoms with Gasteiger partial charge in [-0.1, -0.05) is 132 Å². The van der Waals surface area contributed by atoms with E-state index in [0.29, 0.717) is 0 Å². The highest BCUT2D eigenvalue weighted by molar-refractivity contribution is 9.10. The van der Waals surface area contributed by atoms with Gasteiger partial charge in [0.05, 0.1) is 33.4 Å². The molecule has 2 nitrogen and oxygen atoms in total. The fraction of sp³-hybridized carbons (Fsp3) is 0.143. The third-order valence-corrected chi connectivity index (χ3v) is 11.4. The van der Waals surface area contributed by atoms with Gasteiger partial charge in [-0.05, 0) is 70.8 Å². The van der Waals surface area contributed by atoms with Crippen LogP contribution in [0.25, 0.3) is 55.0 Å². The molecule has 0 amide bonds. The third kappa shape index (κ3) is 3.69. The van der Waals surface area contributed by atoms with Crippen LogP contribution in [0.15, 0.2) is 130 Å². The number of benzene rings is 6. The van der Waals surface area contributed by atoms with E-state index in [2.05, 4.69) is 190 Å². The van der Waals surface area contributed by atoms with Gasteiger partial charge in [-0.2, -0.15) is 0 Å². The van der Waals surface area contributed by atoms with E-state index in [1.54, 1.807) is 0 Å². The molecule has 0 bridgehead atoms. The van der Waals surface area contributed by atoms with Crippen molar-refractivity contribution in [3.8, 4) is 11.4 Å². The Morgan fingerprint density at radius 1 is 0.413 bits per heavy atom. The number of halogens is 2. The lowest BCUT2D eigenvalue weighted by Gasteiger charge is -2.34. The number of fused-ring (bicyclic) bond motifs is 10. The summed E-state index contributed by atoms with van der Waals surface area (Å²) < 4.78 is 7.12. The molecular weight excluding hydrogens is 692 g/mol. The van der Waals surface area contributed by atoms with Gasteiger partial charge in [0.15, 0.2) is 0 Å². The minimum Gasteiger partial charge on any atom is -0.309 e. The van der Waals surface area contributed by atoms with E-state index in [4.69, 9.17) is 0 Å².